The number of hydrogen-bond acceptors (Lipinski definition) is 3. The highest BCUT2D eigenvalue weighted by atomic mass is 16.3. The summed E-state index contributed by atoms with van der Waals surface area (Å²) in [6.07, 6.45) is 7.40. The predicted octanol–water partition coefficient (Wildman–Crippen LogP) is 5.04. The van der Waals surface area contributed by atoms with Gasteiger partial charge in [0.1, 0.15) is 0 Å². The molecule has 23 heavy (non-hydrogen) atoms. The van der Waals surface area contributed by atoms with E-state index in [-0.39, 0.29) is 22.5 Å². The van der Waals surface area contributed by atoms with Crippen LogP contribution in [0, 0.1) is 5.41 Å². The highest BCUT2D eigenvalue weighted by Gasteiger charge is 2.31. The molecule has 1 aromatic carbocycles. The molecule has 0 bridgehead atoms. The Morgan fingerprint density at radius 2 is 1.61 bits per heavy atom. The lowest BCUT2D eigenvalue weighted by atomic mass is 9.86. The number of aliphatic hydroxyl groups excluding tert-OH is 1. The summed E-state index contributed by atoms with van der Waals surface area (Å²) in [5.41, 5.74) is 1.13. The van der Waals surface area contributed by atoms with Crippen molar-refractivity contribution in [2.24, 2.45) is 5.41 Å². The largest absolute Gasteiger partial charge is 0.504 e. The number of rotatable bonds is 5. The van der Waals surface area contributed by atoms with Crippen LogP contribution in [0.1, 0.15) is 67.2 Å². The van der Waals surface area contributed by atoms with E-state index in [0.29, 0.717) is 17.5 Å². The number of Topliss-reactive ketones (excluding diaryl/α,β-unsaturated/α-hetero) is 2. The normalized spacial score (nSPS) is 15.4. The van der Waals surface area contributed by atoms with Crippen molar-refractivity contribution in [3.05, 3.63) is 58.9 Å². The average molecular weight is 312 g/mol. The predicted molar refractivity (Wildman–Crippen MR) is 91.8 cm³/mol. The van der Waals surface area contributed by atoms with Gasteiger partial charge in [-0.15, -0.1) is 0 Å². The molecule has 0 aliphatic heterocycles. The van der Waals surface area contributed by atoms with E-state index < -0.39 is 5.78 Å². The number of carbonyl (C=O) groups is 2. The minimum absolute atomic E-state index is 0.177. The van der Waals surface area contributed by atoms with Crippen LogP contribution in [0.5, 0.6) is 0 Å². The van der Waals surface area contributed by atoms with E-state index in [4.69, 9.17) is 0 Å². The third-order valence-electron chi connectivity index (χ3n) is 3.86. The Morgan fingerprint density at radius 3 is 2.22 bits per heavy atom. The lowest BCUT2D eigenvalue weighted by Gasteiger charge is -2.17. The van der Waals surface area contributed by atoms with Gasteiger partial charge in [-0.05, 0) is 31.1 Å². The van der Waals surface area contributed by atoms with Crippen molar-refractivity contribution >= 4 is 11.6 Å². The molecule has 1 aliphatic rings. The van der Waals surface area contributed by atoms with Crippen LogP contribution >= 0.6 is 0 Å². The summed E-state index contributed by atoms with van der Waals surface area (Å²) < 4.78 is 0. The Kier molecular flexibility index (Phi) is 5.19. The van der Waals surface area contributed by atoms with Crippen molar-refractivity contribution < 1.29 is 14.7 Å². The number of fused-ring (bicyclic) bond motifs is 1. The van der Waals surface area contributed by atoms with Gasteiger partial charge in [0.25, 0.3) is 0 Å². The van der Waals surface area contributed by atoms with Crippen molar-refractivity contribution in [2.75, 3.05) is 0 Å². The van der Waals surface area contributed by atoms with Gasteiger partial charge in [-0.3, -0.25) is 9.59 Å². The number of aliphatic hydroxyl groups is 1. The first-order valence-electron chi connectivity index (χ1n) is 8.09. The molecular formula is C20H24O3. The maximum Gasteiger partial charge on any atom is 0.228 e. The molecule has 0 spiro atoms. The summed E-state index contributed by atoms with van der Waals surface area (Å²) in [6.45, 7) is 6.45. The van der Waals surface area contributed by atoms with E-state index in [0.717, 1.165) is 19.3 Å². The Morgan fingerprint density at radius 1 is 1.00 bits per heavy atom. The Hall–Kier alpha value is -2.16. The molecular weight excluding hydrogens is 288 g/mol. The average Bonchev–Trinajstić information content (AvgIpc) is 2.50. The van der Waals surface area contributed by atoms with Crippen LogP contribution in [0.2, 0.25) is 0 Å². The van der Waals surface area contributed by atoms with Crippen molar-refractivity contribution in [3.63, 3.8) is 0 Å². The van der Waals surface area contributed by atoms with Crippen LogP contribution in [-0.4, -0.2) is 16.7 Å². The fourth-order valence-corrected chi connectivity index (χ4v) is 2.65. The van der Waals surface area contributed by atoms with Crippen molar-refractivity contribution in [1.82, 2.24) is 0 Å². The summed E-state index contributed by atoms with van der Waals surface area (Å²) in [6, 6.07) is 6.67. The van der Waals surface area contributed by atoms with Crippen molar-refractivity contribution in [2.45, 2.75) is 46.5 Å². The second-order valence-corrected chi connectivity index (χ2v) is 7.05. The van der Waals surface area contributed by atoms with E-state index in [2.05, 4.69) is 32.9 Å². The molecule has 1 aromatic rings. The quantitative estimate of drug-likeness (QED) is 0.612. The molecule has 0 amide bonds. The van der Waals surface area contributed by atoms with E-state index in [9.17, 15) is 14.7 Å². The molecule has 0 saturated heterocycles. The second kappa shape index (κ2) is 6.95. The molecule has 0 radical (unpaired) electrons. The minimum Gasteiger partial charge on any atom is -0.504 e. The number of unbranched alkanes of at least 4 members (excludes halogenated alkanes) is 2. The first-order chi connectivity index (χ1) is 10.8. The number of carbonyl (C=O) groups excluding carboxylic acids is 2. The number of hydrogen-bond donors (Lipinski definition) is 1. The first-order valence-corrected chi connectivity index (χ1v) is 8.09. The van der Waals surface area contributed by atoms with Crippen molar-refractivity contribution in [1.29, 1.82) is 0 Å². The summed E-state index contributed by atoms with van der Waals surface area (Å²) in [7, 11) is 0. The number of allylic oxidation sites excluding steroid dienone is 4. The van der Waals surface area contributed by atoms with Gasteiger partial charge in [-0.1, -0.05) is 57.2 Å². The molecule has 0 aromatic heterocycles. The SMILES string of the molecule is CC(C)(C)C=CCCCCC1=C(O)C(=O)c2ccccc2C1=O. The van der Waals surface area contributed by atoms with E-state index >= 15 is 0 Å². The zero-order valence-electron chi connectivity index (χ0n) is 14.1. The first kappa shape index (κ1) is 17.2. The summed E-state index contributed by atoms with van der Waals surface area (Å²) in [5.74, 6) is -1.04. The second-order valence-electron chi connectivity index (χ2n) is 7.05. The van der Waals surface area contributed by atoms with Gasteiger partial charge < -0.3 is 5.11 Å². The minimum atomic E-state index is -0.442. The smallest absolute Gasteiger partial charge is 0.228 e. The molecule has 1 N–H and O–H groups in total. The van der Waals surface area contributed by atoms with Crippen LogP contribution < -0.4 is 0 Å². The maximum absolute atomic E-state index is 12.4. The summed E-state index contributed by atoms with van der Waals surface area (Å²) in [4.78, 5) is 24.6. The maximum atomic E-state index is 12.4. The summed E-state index contributed by atoms with van der Waals surface area (Å²) >= 11 is 0. The molecule has 3 nitrogen and oxygen atoms in total. The fraction of sp³-hybridized carbons (Fsp3) is 0.400. The van der Waals surface area contributed by atoms with Gasteiger partial charge in [0, 0.05) is 16.7 Å². The third-order valence-corrected chi connectivity index (χ3v) is 3.86. The van der Waals surface area contributed by atoms with Gasteiger partial charge in [0.05, 0.1) is 0 Å². The Labute approximate surface area is 137 Å². The topological polar surface area (TPSA) is 54.4 Å². The monoisotopic (exact) mass is 312 g/mol. The molecule has 0 fully saturated rings. The van der Waals surface area contributed by atoms with E-state index in [1.54, 1.807) is 24.3 Å². The number of benzene rings is 1. The standard InChI is InChI=1S/C20H24O3/c1-20(2,3)13-9-5-4-6-12-16-17(21)14-10-7-8-11-15(14)18(22)19(16)23/h7-11,13,23H,4-6,12H2,1-3H3. The van der Waals surface area contributed by atoms with Gasteiger partial charge >= 0.3 is 0 Å². The lowest BCUT2D eigenvalue weighted by molar-refractivity contribution is 0.0926. The van der Waals surface area contributed by atoms with Gasteiger partial charge in [-0.2, -0.15) is 0 Å². The third kappa shape index (κ3) is 4.19. The number of ketones is 2. The Balaban J connectivity index is 1.98. The molecule has 0 unspecified atom stereocenters. The molecule has 3 heteroatoms. The lowest BCUT2D eigenvalue weighted by Crippen LogP contribution is -2.22. The summed E-state index contributed by atoms with van der Waals surface area (Å²) in [5, 5.41) is 10.1. The van der Waals surface area contributed by atoms with Crippen LogP contribution in [-0.2, 0) is 0 Å². The van der Waals surface area contributed by atoms with Gasteiger partial charge in [0.2, 0.25) is 5.78 Å². The van der Waals surface area contributed by atoms with Crippen LogP contribution in [0.15, 0.2) is 47.7 Å². The fourth-order valence-electron chi connectivity index (χ4n) is 2.65. The van der Waals surface area contributed by atoms with Crippen LogP contribution in [0.25, 0.3) is 0 Å². The molecule has 0 saturated carbocycles. The highest BCUT2D eigenvalue weighted by Crippen LogP contribution is 2.28. The zero-order valence-corrected chi connectivity index (χ0v) is 14.1. The van der Waals surface area contributed by atoms with E-state index in [1.807, 2.05) is 0 Å². The molecule has 122 valence electrons. The highest BCUT2D eigenvalue weighted by molar-refractivity contribution is 6.25. The molecule has 0 atom stereocenters. The van der Waals surface area contributed by atoms with Crippen LogP contribution in [0.4, 0.5) is 0 Å². The van der Waals surface area contributed by atoms with Crippen LogP contribution in [0.3, 0.4) is 0 Å². The van der Waals surface area contributed by atoms with Gasteiger partial charge in [0.15, 0.2) is 11.5 Å². The zero-order chi connectivity index (χ0) is 17.0. The molecule has 0 heterocycles. The molecule has 1 aliphatic carbocycles. The molecule has 2 rings (SSSR count). The van der Waals surface area contributed by atoms with Gasteiger partial charge in [-0.25, -0.2) is 0 Å². The van der Waals surface area contributed by atoms with E-state index in [1.165, 1.54) is 0 Å². The van der Waals surface area contributed by atoms with Crippen molar-refractivity contribution in [3.8, 4) is 0 Å². The Bertz CT molecular complexity index is 672.